The Morgan fingerprint density at radius 2 is 2.31 bits per heavy atom. The molecular weight excluding hydrogens is 224 g/mol. The second-order valence-electron chi connectivity index (χ2n) is 4.41. The molecule has 0 radical (unpaired) electrons. The van der Waals surface area contributed by atoms with E-state index in [9.17, 15) is 5.11 Å². The van der Waals surface area contributed by atoms with Crippen LogP contribution in [0, 0.1) is 5.92 Å². The molecule has 16 heavy (non-hydrogen) atoms. The van der Waals surface area contributed by atoms with E-state index in [4.69, 9.17) is 17.3 Å². The number of hydrogen-bond donors (Lipinski definition) is 2. The van der Waals surface area contributed by atoms with Crippen molar-refractivity contribution >= 4 is 23.0 Å². The summed E-state index contributed by atoms with van der Waals surface area (Å²) in [5, 5.41) is 10.1. The monoisotopic (exact) mass is 240 g/mol. The van der Waals surface area contributed by atoms with Crippen LogP contribution in [0.3, 0.4) is 0 Å². The average molecular weight is 241 g/mol. The van der Waals surface area contributed by atoms with Gasteiger partial charge in [-0.1, -0.05) is 18.5 Å². The number of nitrogens with two attached hydrogens (primary N) is 1. The molecule has 0 spiro atoms. The fourth-order valence-electron chi connectivity index (χ4n) is 2.37. The van der Waals surface area contributed by atoms with Gasteiger partial charge in [0.25, 0.3) is 0 Å². The van der Waals surface area contributed by atoms with E-state index in [2.05, 4.69) is 11.8 Å². The van der Waals surface area contributed by atoms with Gasteiger partial charge < -0.3 is 15.7 Å². The largest absolute Gasteiger partial charge is 0.397 e. The Bertz CT molecular complexity index is 383. The van der Waals surface area contributed by atoms with E-state index in [1.165, 1.54) is 0 Å². The SMILES string of the molecule is CC1CCN(c2ccc(Cl)cc2N)C1CO. The quantitative estimate of drug-likeness (QED) is 0.779. The van der Waals surface area contributed by atoms with Crippen molar-refractivity contribution in [1.82, 2.24) is 0 Å². The van der Waals surface area contributed by atoms with Crippen LogP contribution in [0.15, 0.2) is 18.2 Å². The molecule has 1 saturated heterocycles. The highest BCUT2D eigenvalue weighted by Gasteiger charge is 2.31. The molecule has 3 N–H and O–H groups in total. The molecule has 3 nitrogen and oxygen atoms in total. The summed E-state index contributed by atoms with van der Waals surface area (Å²) in [5.74, 6) is 0.500. The molecular formula is C12H17ClN2O. The molecule has 1 aliphatic rings. The Hall–Kier alpha value is -0.930. The Morgan fingerprint density at radius 1 is 1.56 bits per heavy atom. The molecule has 1 heterocycles. The Labute approximate surface area is 101 Å². The summed E-state index contributed by atoms with van der Waals surface area (Å²) in [7, 11) is 0. The highest BCUT2D eigenvalue weighted by Crippen LogP contribution is 2.34. The summed E-state index contributed by atoms with van der Waals surface area (Å²) in [5.41, 5.74) is 7.62. The predicted octanol–water partition coefficient (Wildman–Crippen LogP) is 2.13. The zero-order chi connectivity index (χ0) is 11.7. The number of hydrogen-bond acceptors (Lipinski definition) is 3. The first-order valence-electron chi connectivity index (χ1n) is 5.56. The Kier molecular flexibility index (Phi) is 3.26. The highest BCUT2D eigenvalue weighted by molar-refractivity contribution is 6.31. The topological polar surface area (TPSA) is 49.5 Å². The van der Waals surface area contributed by atoms with Crippen molar-refractivity contribution < 1.29 is 5.11 Å². The fraction of sp³-hybridized carbons (Fsp3) is 0.500. The third-order valence-corrected chi connectivity index (χ3v) is 3.60. The van der Waals surface area contributed by atoms with Crippen LogP contribution in [0.5, 0.6) is 0 Å². The third kappa shape index (κ3) is 1.97. The van der Waals surface area contributed by atoms with Gasteiger partial charge in [0, 0.05) is 11.6 Å². The summed E-state index contributed by atoms with van der Waals surface area (Å²) in [6, 6.07) is 5.70. The number of nitrogens with zero attached hydrogens (tertiary/aromatic N) is 1. The van der Waals surface area contributed by atoms with Crippen molar-refractivity contribution in [3.05, 3.63) is 23.2 Å². The molecule has 1 aliphatic heterocycles. The molecule has 4 heteroatoms. The van der Waals surface area contributed by atoms with E-state index in [-0.39, 0.29) is 12.6 Å². The van der Waals surface area contributed by atoms with Gasteiger partial charge in [-0.05, 0) is 30.5 Å². The normalized spacial score (nSPS) is 25.1. The third-order valence-electron chi connectivity index (χ3n) is 3.37. The van der Waals surface area contributed by atoms with Gasteiger partial charge in [-0.15, -0.1) is 0 Å². The van der Waals surface area contributed by atoms with Gasteiger partial charge in [-0.2, -0.15) is 0 Å². The summed E-state index contributed by atoms with van der Waals surface area (Å²) in [6.07, 6.45) is 1.09. The zero-order valence-corrected chi connectivity index (χ0v) is 10.1. The van der Waals surface area contributed by atoms with Crippen LogP contribution in [0.2, 0.25) is 5.02 Å². The lowest BCUT2D eigenvalue weighted by molar-refractivity contribution is 0.245. The highest BCUT2D eigenvalue weighted by atomic mass is 35.5. The number of nitrogen functional groups attached to an aromatic ring is 1. The van der Waals surface area contributed by atoms with E-state index in [0.29, 0.717) is 16.6 Å². The van der Waals surface area contributed by atoms with Crippen LogP contribution in [-0.4, -0.2) is 24.3 Å². The summed E-state index contributed by atoms with van der Waals surface area (Å²) in [6.45, 7) is 3.27. The van der Waals surface area contributed by atoms with Crippen LogP contribution in [-0.2, 0) is 0 Å². The number of benzene rings is 1. The molecule has 88 valence electrons. The lowest BCUT2D eigenvalue weighted by Gasteiger charge is -2.28. The first-order chi connectivity index (χ1) is 7.63. The minimum Gasteiger partial charge on any atom is -0.397 e. The average Bonchev–Trinajstić information content (AvgIpc) is 2.59. The van der Waals surface area contributed by atoms with E-state index in [1.54, 1.807) is 6.07 Å². The molecule has 2 rings (SSSR count). The van der Waals surface area contributed by atoms with Gasteiger partial charge in [0.05, 0.1) is 24.0 Å². The first kappa shape index (κ1) is 11.6. The molecule has 0 aromatic heterocycles. The van der Waals surface area contributed by atoms with Crippen molar-refractivity contribution in [3.63, 3.8) is 0 Å². The number of rotatable bonds is 2. The minimum atomic E-state index is 0.170. The van der Waals surface area contributed by atoms with E-state index < -0.39 is 0 Å². The van der Waals surface area contributed by atoms with Crippen molar-refractivity contribution in [2.75, 3.05) is 23.8 Å². The van der Waals surface area contributed by atoms with Gasteiger partial charge in [0.1, 0.15) is 0 Å². The molecule has 1 fully saturated rings. The fourth-order valence-corrected chi connectivity index (χ4v) is 2.55. The lowest BCUT2D eigenvalue weighted by Crippen LogP contribution is -2.35. The minimum absolute atomic E-state index is 0.170. The number of halogens is 1. The van der Waals surface area contributed by atoms with E-state index in [0.717, 1.165) is 18.7 Å². The van der Waals surface area contributed by atoms with Gasteiger partial charge in [-0.3, -0.25) is 0 Å². The van der Waals surface area contributed by atoms with Gasteiger partial charge >= 0.3 is 0 Å². The standard InChI is InChI=1S/C12H17ClN2O/c1-8-4-5-15(12(8)7-16)11-3-2-9(13)6-10(11)14/h2-3,6,8,12,16H,4-5,7,14H2,1H3. The summed E-state index contributed by atoms with van der Waals surface area (Å²) in [4.78, 5) is 2.18. The molecule has 2 unspecified atom stereocenters. The van der Waals surface area contributed by atoms with Crippen molar-refractivity contribution in [3.8, 4) is 0 Å². The molecule has 0 aliphatic carbocycles. The first-order valence-corrected chi connectivity index (χ1v) is 5.94. The smallest absolute Gasteiger partial charge is 0.0637 e. The maximum Gasteiger partial charge on any atom is 0.0637 e. The zero-order valence-electron chi connectivity index (χ0n) is 9.36. The van der Waals surface area contributed by atoms with E-state index in [1.807, 2.05) is 12.1 Å². The molecule has 1 aromatic rings. The predicted molar refractivity (Wildman–Crippen MR) is 67.9 cm³/mol. The molecule has 0 bridgehead atoms. The maximum atomic E-state index is 9.41. The number of aliphatic hydroxyl groups is 1. The van der Waals surface area contributed by atoms with Gasteiger partial charge in [0.15, 0.2) is 0 Å². The van der Waals surface area contributed by atoms with Crippen molar-refractivity contribution in [1.29, 1.82) is 0 Å². The van der Waals surface area contributed by atoms with E-state index >= 15 is 0 Å². The summed E-state index contributed by atoms with van der Waals surface area (Å²) >= 11 is 5.87. The Balaban J connectivity index is 2.30. The van der Waals surface area contributed by atoms with Crippen molar-refractivity contribution in [2.45, 2.75) is 19.4 Å². The maximum absolute atomic E-state index is 9.41. The van der Waals surface area contributed by atoms with Crippen LogP contribution in [0.1, 0.15) is 13.3 Å². The second-order valence-corrected chi connectivity index (χ2v) is 4.85. The molecule has 0 saturated carbocycles. The number of anilines is 2. The molecule has 2 atom stereocenters. The second kappa shape index (κ2) is 4.52. The molecule has 1 aromatic carbocycles. The molecule has 0 amide bonds. The van der Waals surface area contributed by atoms with Gasteiger partial charge in [-0.25, -0.2) is 0 Å². The summed E-state index contributed by atoms with van der Waals surface area (Å²) < 4.78 is 0. The lowest BCUT2D eigenvalue weighted by atomic mass is 10.0. The van der Waals surface area contributed by atoms with Crippen LogP contribution in [0.4, 0.5) is 11.4 Å². The Morgan fingerprint density at radius 3 is 2.94 bits per heavy atom. The number of aliphatic hydroxyl groups excluding tert-OH is 1. The van der Waals surface area contributed by atoms with Crippen molar-refractivity contribution in [2.24, 2.45) is 5.92 Å². The van der Waals surface area contributed by atoms with Crippen LogP contribution < -0.4 is 10.6 Å². The van der Waals surface area contributed by atoms with Crippen LogP contribution >= 0.6 is 11.6 Å². The van der Waals surface area contributed by atoms with Crippen LogP contribution in [0.25, 0.3) is 0 Å². The van der Waals surface area contributed by atoms with Gasteiger partial charge in [0.2, 0.25) is 0 Å².